The summed E-state index contributed by atoms with van der Waals surface area (Å²) < 4.78 is 2.85. The second-order valence-electron chi connectivity index (χ2n) is 4.71. The van der Waals surface area contributed by atoms with Gasteiger partial charge in [0, 0.05) is 0 Å². The molecule has 0 spiro atoms. The van der Waals surface area contributed by atoms with Crippen LogP contribution in [0.5, 0.6) is 0 Å². The van der Waals surface area contributed by atoms with Crippen LogP contribution < -0.4 is 0 Å². The lowest BCUT2D eigenvalue weighted by molar-refractivity contribution is 0.800. The average molecular weight is 370 g/mol. The normalized spacial score (nSPS) is 11.2. The standard InChI is InChI=1S/C15H11BrCl2N2/c1-9-3-2-4-10(5-9)8-20-14-7-12(18)11(17)6-13(14)19-15(20)16/h2-7H,8H2,1H3. The summed E-state index contributed by atoms with van der Waals surface area (Å²) in [6.45, 7) is 2.82. The fraction of sp³-hybridized carbons (Fsp3) is 0.133. The first-order valence-electron chi connectivity index (χ1n) is 6.11. The van der Waals surface area contributed by atoms with Gasteiger partial charge in [0.25, 0.3) is 0 Å². The van der Waals surface area contributed by atoms with Crippen LogP contribution in [0, 0.1) is 6.92 Å². The molecule has 0 N–H and O–H groups in total. The Labute approximate surface area is 135 Å². The molecular formula is C15H11BrCl2N2. The van der Waals surface area contributed by atoms with Crippen LogP contribution in [0.2, 0.25) is 10.0 Å². The van der Waals surface area contributed by atoms with E-state index in [0.29, 0.717) is 10.0 Å². The molecule has 1 aromatic heterocycles. The molecule has 0 aliphatic heterocycles. The lowest BCUT2D eigenvalue weighted by Gasteiger charge is -2.07. The predicted molar refractivity (Wildman–Crippen MR) is 87.7 cm³/mol. The third kappa shape index (κ3) is 2.58. The van der Waals surface area contributed by atoms with Crippen LogP contribution in [0.25, 0.3) is 11.0 Å². The Bertz CT molecular complexity index is 796. The van der Waals surface area contributed by atoms with E-state index in [-0.39, 0.29) is 0 Å². The summed E-state index contributed by atoms with van der Waals surface area (Å²) >= 11 is 15.6. The first-order chi connectivity index (χ1) is 9.54. The molecule has 0 unspecified atom stereocenters. The predicted octanol–water partition coefficient (Wildman–Crippen LogP) is 5.46. The van der Waals surface area contributed by atoms with Crippen LogP contribution in [-0.2, 0) is 6.54 Å². The minimum atomic E-state index is 0.520. The number of benzene rings is 2. The maximum Gasteiger partial charge on any atom is 0.178 e. The van der Waals surface area contributed by atoms with E-state index in [9.17, 15) is 0 Å². The maximum absolute atomic E-state index is 6.11. The Morgan fingerprint density at radius 2 is 1.90 bits per heavy atom. The van der Waals surface area contributed by atoms with Crippen molar-refractivity contribution in [3.05, 3.63) is 62.3 Å². The summed E-state index contributed by atoms with van der Waals surface area (Å²) in [5.74, 6) is 0. The van der Waals surface area contributed by atoms with Crippen molar-refractivity contribution in [2.75, 3.05) is 0 Å². The molecule has 2 nitrogen and oxygen atoms in total. The number of nitrogens with zero attached hydrogens (tertiary/aromatic N) is 2. The van der Waals surface area contributed by atoms with Crippen LogP contribution in [0.4, 0.5) is 0 Å². The highest BCUT2D eigenvalue weighted by Gasteiger charge is 2.11. The molecule has 0 saturated heterocycles. The van der Waals surface area contributed by atoms with Crippen LogP contribution in [0.1, 0.15) is 11.1 Å². The van der Waals surface area contributed by atoms with E-state index in [1.807, 2.05) is 6.07 Å². The van der Waals surface area contributed by atoms with Gasteiger partial charge in [-0.25, -0.2) is 4.98 Å². The molecule has 0 aliphatic carbocycles. The summed E-state index contributed by atoms with van der Waals surface area (Å²) in [7, 11) is 0. The first kappa shape index (κ1) is 13.9. The third-order valence-electron chi connectivity index (χ3n) is 3.17. The maximum atomic E-state index is 6.11. The van der Waals surface area contributed by atoms with Gasteiger partial charge in [0.2, 0.25) is 0 Å². The highest BCUT2D eigenvalue weighted by atomic mass is 79.9. The average Bonchev–Trinajstić information content (AvgIpc) is 2.67. The monoisotopic (exact) mass is 368 g/mol. The Kier molecular flexibility index (Phi) is 3.76. The highest BCUT2D eigenvalue weighted by molar-refractivity contribution is 9.10. The molecule has 2 aromatic carbocycles. The van der Waals surface area contributed by atoms with Crippen LogP contribution in [0.15, 0.2) is 41.1 Å². The van der Waals surface area contributed by atoms with Gasteiger partial charge < -0.3 is 4.57 Å². The molecule has 0 aliphatic rings. The fourth-order valence-electron chi connectivity index (χ4n) is 2.23. The molecule has 5 heteroatoms. The van der Waals surface area contributed by atoms with Gasteiger partial charge in [0.05, 0.1) is 27.6 Å². The molecular weight excluding hydrogens is 359 g/mol. The van der Waals surface area contributed by atoms with Crippen LogP contribution >= 0.6 is 39.1 Å². The van der Waals surface area contributed by atoms with Crippen LogP contribution in [-0.4, -0.2) is 9.55 Å². The van der Waals surface area contributed by atoms with Crippen molar-refractivity contribution < 1.29 is 0 Å². The number of fused-ring (bicyclic) bond motifs is 1. The van der Waals surface area contributed by atoms with E-state index in [1.165, 1.54) is 11.1 Å². The fourth-order valence-corrected chi connectivity index (χ4v) is 3.06. The second-order valence-corrected chi connectivity index (χ2v) is 6.23. The largest absolute Gasteiger partial charge is 0.314 e. The summed E-state index contributed by atoms with van der Waals surface area (Å²) in [5, 5.41) is 1.06. The number of aryl methyl sites for hydroxylation is 1. The van der Waals surface area contributed by atoms with Crippen molar-refractivity contribution in [3.8, 4) is 0 Å². The molecule has 20 heavy (non-hydrogen) atoms. The van der Waals surface area contributed by atoms with Crippen LogP contribution in [0.3, 0.4) is 0 Å². The van der Waals surface area contributed by atoms with Crippen molar-refractivity contribution in [2.24, 2.45) is 0 Å². The van der Waals surface area contributed by atoms with Gasteiger partial charge in [-0.15, -0.1) is 0 Å². The molecule has 1 heterocycles. The van der Waals surface area contributed by atoms with E-state index in [0.717, 1.165) is 22.3 Å². The van der Waals surface area contributed by atoms with Gasteiger partial charge in [-0.3, -0.25) is 0 Å². The lowest BCUT2D eigenvalue weighted by Crippen LogP contribution is -2.00. The van der Waals surface area contributed by atoms with Crippen molar-refractivity contribution in [2.45, 2.75) is 13.5 Å². The van der Waals surface area contributed by atoms with E-state index >= 15 is 0 Å². The zero-order valence-electron chi connectivity index (χ0n) is 10.7. The highest BCUT2D eigenvalue weighted by Crippen LogP contribution is 2.30. The topological polar surface area (TPSA) is 17.8 Å². The van der Waals surface area contributed by atoms with Crippen molar-refractivity contribution in [1.29, 1.82) is 0 Å². The zero-order valence-corrected chi connectivity index (χ0v) is 13.8. The second kappa shape index (κ2) is 5.40. The number of aromatic nitrogens is 2. The minimum Gasteiger partial charge on any atom is -0.314 e. The molecule has 0 bridgehead atoms. The Hall–Kier alpha value is -1.03. The number of hydrogen-bond acceptors (Lipinski definition) is 1. The number of imidazole rings is 1. The third-order valence-corrected chi connectivity index (χ3v) is 4.49. The zero-order chi connectivity index (χ0) is 14.3. The van der Waals surface area contributed by atoms with Gasteiger partial charge in [-0.1, -0.05) is 53.0 Å². The van der Waals surface area contributed by atoms with Gasteiger partial charge in [-0.2, -0.15) is 0 Å². The van der Waals surface area contributed by atoms with Gasteiger partial charge in [0.1, 0.15) is 0 Å². The van der Waals surface area contributed by atoms with E-state index in [1.54, 1.807) is 6.07 Å². The Morgan fingerprint density at radius 1 is 1.15 bits per heavy atom. The molecule has 0 radical (unpaired) electrons. The quantitative estimate of drug-likeness (QED) is 0.586. The summed E-state index contributed by atoms with van der Waals surface area (Å²) in [4.78, 5) is 4.47. The lowest BCUT2D eigenvalue weighted by atomic mass is 10.1. The molecule has 0 saturated carbocycles. The van der Waals surface area contributed by atoms with Gasteiger partial charge in [-0.05, 0) is 40.5 Å². The summed E-state index contributed by atoms with van der Waals surface area (Å²) in [6, 6.07) is 12.0. The molecule has 0 amide bonds. The summed E-state index contributed by atoms with van der Waals surface area (Å²) in [5.41, 5.74) is 4.26. The van der Waals surface area contributed by atoms with Crippen molar-refractivity contribution >= 4 is 50.2 Å². The van der Waals surface area contributed by atoms with Gasteiger partial charge in [0.15, 0.2) is 4.73 Å². The first-order valence-corrected chi connectivity index (χ1v) is 7.66. The SMILES string of the molecule is Cc1cccc(Cn2c(Br)nc3cc(Cl)c(Cl)cc32)c1. The van der Waals surface area contributed by atoms with Gasteiger partial charge >= 0.3 is 0 Å². The van der Waals surface area contributed by atoms with Crippen molar-refractivity contribution in [3.63, 3.8) is 0 Å². The number of rotatable bonds is 2. The minimum absolute atomic E-state index is 0.520. The Morgan fingerprint density at radius 3 is 2.65 bits per heavy atom. The molecule has 0 fully saturated rings. The van der Waals surface area contributed by atoms with E-state index in [4.69, 9.17) is 23.2 Å². The Balaban J connectivity index is 2.11. The number of hydrogen-bond donors (Lipinski definition) is 0. The smallest absolute Gasteiger partial charge is 0.178 e. The molecule has 0 atom stereocenters. The van der Waals surface area contributed by atoms with Crippen molar-refractivity contribution in [1.82, 2.24) is 9.55 Å². The summed E-state index contributed by atoms with van der Waals surface area (Å²) in [6.07, 6.45) is 0. The van der Waals surface area contributed by atoms with E-state index < -0.39 is 0 Å². The molecule has 3 aromatic rings. The molecule has 102 valence electrons. The molecule has 3 rings (SSSR count). The number of halogens is 3. The van der Waals surface area contributed by atoms with E-state index in [2.05, 4.69) is 56.7 Å².